The highest BCUT2D eigenvalue weighted by molar-refractivity contribution is 6.40. The third-order valence-electron chi connectivity index (χ3n) is 3.72. The molecule has 0 saturated heterocycles. The van der Waals surface area contributed by atoms with Gasteiger partial charge >= 0.3 is 0 Å². The van der Waals surface area contributed by atoms with E-state index >= 15 is 0 Å². The quantitative estimate of drug-likeness (QED) is 0.487. The number of amides is 1. The zero-order valence-electron chi connectivity index (χ0n) is 14.0. The molecule has 1 amide bonds. The van der Waals surface area contributed by atoms with Crippen LogP contribution in [0, 0.1) is 6.92 Å². The first kappa shape index (κ1) is 19.2. The van der Waals surface area contributed by atoms with E-state index in [0.717, 1.165) is 0 Å². The second-order valence-electron chi connectivity index (χ2n) is 5.57. The molecule has 0 atom stereocenters. The maximum Gasteiger partial charge on any atom is 0.280 e. The molecule has 0 radical (unpaired) electrons. The molecule has 0 bridgehead atoms. The molecule has 0 aliphatic rings. The Hall–Kier alpha value is -2.54. The van der Waals surface area contributed by atoms with Crippen LogP contribution in [0.5, 0.6) is 0 Å². The van der Waals surface area contributed by atoms with Gasteiger partial charge in [0, 0.05) is 16.3 Å². The van der Waals surface area contributed by atoms with Gasteiger partial charge in [-0.05, 0) is 31.2 Å². The monoisotopic (exact) mass is 422 g/mol. The van der Waals surface area contributed by atoms with Gasteiger partial charge in [0.15, 0.2) is 0 Å². The zero-order chi connectivity index (χ0) is 19.6. The van der Waals surface area contributed by atoms with Crippen LogP contribution in [-0.2, 0) is 0 Å². The lowest BCUT2D eigenvalue weighted by molar-refractivity contribution is 0.0955. The van der Waals surface area contributed by atoms with E-state index < -0.39 is 5.56 Å². The van der Waals surface area contributed by atoms with Gasteiger partial charge in [-0.25, -0.2) is 10.1 Å². The van der Waals surface area contributed by atoms with Gasteiger partial charge in [-0.2, -0.15) is 5.10 Å². The summed E-state index contributed by atoms with van der Waals surface area (Å²) in [5.41, 5.74) is 3.48. The van der Waals surface area contributed by atoms with E-state index in [2.05, 4.69) is 15.6 Å². The molecule has 6 nitrogen and oxygen atoms in total. The van der Waals surface area contributed by atoms with Crippen molar-refractivity contribution in [2.45, 2.75) is 6.92 Å². The van der Waals surface area contributed by atoms with Gasteiger partial charge in [0.2, 0.25) is 0 Å². The molecular formula is C18H13Cl3N4O2. The van der Waals surface area contributed by atoms with Crippen LogP contribution < -0.4 is 11.0 Å². The van der Waals surface area contributed by atoms with Crippen LogP contribution in [0.25, 0.3) is 5.69 Å². The molecule has 2 N–H and O–H groups in total. The number of benzene rings is 2. The molecule has 0 unspecified atom stereocenters. The number of H-pyrrole nitrogens is 1. The highest BCUT2D eigenvalue weighted by Crippen LogP contribution is 2.31. The van der Waals surface area contributed by atoms with Crippen molar-refractivity contribution >= 4 is 46.9 Å². The first-order chi connectivity index (χ1) is 12.9. The second-order valence-corrected chi connectivity index (χ2v) is 6.83. The lowest BCUT2D eigenvalue weighted by Gasteiger charge is -2.07. The van der Waals surface area contributed by atoms with E-state index in [1.54, 1.807) is 37.3 Å². The molecule has 138 valence electrons. The third kappa shape index (κ3) is 4.08. The number of hydrogen-bond acceptors (Lipinski definition) is 3. The molecule has 1 aromatic heterocycles. The van der Waals surface area contributed by atoms with Gasteiger partial charge in [0.1, 0.15) is 5.69 Å². The van der Waals surface area contributed by atoms with Crippen LogP contribution in [0.15, 0.2) is 52.4 Å². The number of nitrogens with zero attached hydrogens (tertiary/aromatic N) is 2. The Morgan fingerprint density at radius 2 is 1.78 bits per heavy atom. The Morgan fingerprint density at radius 3 is 2.41 bits per heavy atom. The summed E-state index contributed by atoms with van der Waals surface area (Å²) in [5.74, 6) is -0.385. The largest absolute Gasteiger partial charge is 0.295 e. The van der Waals surface area contributed by atoms with Gasteiger partial charge in [-0.1, -0.05) is 53.0 Å². The summed E-state index contributed by atoms with van der Waals surface area (Å²) in [6, 6.07) is 11.6. The van der Waals surface area contributed by atoms with E-state index in [1.807, 2.05) is 0 Å². The van der Waals surface area contributed by atoms with Gasteiger partial charge < -0.3 is 0 Å². The second kappa shape index (κ2) is 8.00. The van der Waals surface area contributed by atoms with Gasteiger partial charge in [-0.3, -0.25) is 14.7 Å². The normalized spacial score (nSPS) is 11.1. The fourth-order valence-corrected chi connectivity index (χ4v) is 3.41. The molecule has 27 heavy (non-hydrogen) atoms. The number of carbonyl (C=O) groups excluding carboxylic acids is 1. The lowest BCUT2D eigenvalue weighted by atomic mass is 10.2. The summed E-state index contributed by atoms with van der Waals surface area (Å²) in [5, 5.41) is 7.54. The molecule has 0 aliphatic heterocycles. The van der Waals surface area contributed by atoms with Crippen molar-refractivity contribution in [3.05, 3.63) is 84.7 Å². The van der Waals surface area contributed by atoms with Crippen molar-refractivity contribution in [3.63, 3.8) is 0 Å². The molecule has 0 aliphatic carbocycles. The number of hydrogen-bond donors (Lipinski definition) is 2. The molecular weight excluding hydrogens is 411 g/mol. The molecule has 0 fully saturated rings. The van der Waals surface area contributed by atoms with Crippen LogP contribution in [0.4, 0.5) is 0 Å². The molecule has 9 heteroatoms. The van der Waals surface area contributed by atoms with Crippen molar-refractivity contribution < 1.29 is 4.79 Å². The maximum absolute atomic E-state index is 12.7. The van der Waals surface area contributed by atoms with Gasteiger partial charge in [-0.15, -0.1) is 0 Å². The molecule has 0 spiro atoms. The maximum atomic E-state index is 12.7. The average Bonchev–Trinajstić information content (AvgIpc) is 2.89. The Kier molecular flexibility index (Phi) is 5.70. The molecule has 0 saturated carbocycles. The van der Waals surface area contributed by atoms with E-state index in [-0.39, 0.29) is 27.2 Å². The number of hydrazone groups is 1. The smallest absolute Gasteiger partial charge is 0.280 e. The Morgan fingerprint density at radius 1 is 1.15 bits per heavy atom. The first-order valence-electron chi connectivity index (χ1n) is 7.73. The Labute approximate surface area is 169 Å². The topological polar surface area (TPSA) is 79.2 Å². The number of halogens is 3. The van der Waals surface area contributed by atoms with Crippen molar-refractivity contribution in [1.82, 2.24) is 15.2 Å². The fraction of sp³-hybridized carbons (Fsp3) is 0.0556. The summed E-state index contributed by atoms with van der Waals surface area (Å²) in [4.78, 5) is 24.7. The Balaban J connectivity index is 1.89. The number of aromatic amines is 1. The minimum atomic E-state index is -0.420. The number of carbonyl (C=O) groups is 1. The highest BCUT2D eigenvalue weighted by Gasteiger charge is 2.16. The molecule has 1 heterocycles. The number of aromatic nitrogens is 2. The summed E-state index contributed by atoms with van der Waals surface area (Å²) >= 11 is 18.3. The lowest BCUT2D eigenvalue weighted by Crippen LogP contribution is -2.20. The average molecular weight is 424 g/mol. The number of aryl methyl sites for hydroxylation is 1. The van der Waals surface area contributed by atoms with Gasteiger partial charge in [0.25, 0.3) is 11.5 Å². The first-order valence-corrected chi connectivity index (χ1v) is 8.87. The van der Waals surface area contributed by atoms with Crippen LogP contribution in [0.2, 0.25) is 15.1 Å². The van der Waals surface area contributed by atoms with Crippen molar-refractivity contribution in [3.8, 4) is 5.69 Å². The summed E-state index contributed by atoms with van der Waals surface area (Å²) in [6.07, 6.45) is 1.27. The summed E-state index contributed by atoms with van der Waals surface area (Å²) < 4.78 is 1.21. The van der Waals surface area contributed by atoms with Crippen molar-refractivity contribution in [1.29, 1.82) is 0 Å². The van der Waals surface area contributed by atoms with E-state index in [0.29, 0.717) is 16.3 Å². The van der Waals surface area contributed by atoms with Crippen molar-refractivity contribution in [2.75, 3.05) is 0 Å². The number of nitrogens with one attached hydrogen (secondary N) is 2. The van der Waals surface area contributed by atoms with E-state index in [4.69, 9.17) is 34.8 Å². The van der Waals surface area contributed by atoms with Crippen molar-refractivity contribution in [2.24, 2.45) is 5.10 Å². The predicted molar refractivity (Wildman–Crippen MR) is 108 cm³/mol. The van der Waals surface area contributed by atoms with Crippen LogP contribution in [0.1, 0.15) is 21.6 Å². The van der Waals surface area contributed by atoms with Crippen LogP contribution in [0.3, 0.4) is 0 Å². The third-order valence-corrected chi connectivity index (χ3v) is 4.51. The number of rotatable bonds is 4. The van der Waals surface area contributed by atoms with E-state index in [1.165, 1.54) is 23.0 Å². The molecule has 3 aromatic rings. The Bertz CT molecular complexity index is 1060. The van der Waals surface area contributed by atoms with Gasteiger partial charge in [0.05, 0.1) is 21.8 Å². The van der Waals surface area contributed by atoms with Crippen LogP contribution >= 0.6 is 34.8 Å². The van der Waals surface area contributed by atoms with Crippen LogP contribution in [-0.4, -0.2) is 21.9 Å². The predicted octanol–water partition coefficient (Wildman–Crippen LogP) is 4.20. The standard InChI is InChI=1S/C18H13Cl3N4O2/c1-10-13(9-22-23-17(26)11-5-3-2-4-6-11)18(27)25(24-10)16-14(20)7-12(19)8-15(16)21/h2-9,24H,1H3,(H,23,26). The fourth-order valence-electron chi connectivity index (χ4n) is 2.43. The summed E-state index contributed by atoms with van der Waals surface area (Å²) in [6.45, 7) is 1.69. The minimum absolute atomic E-state index is 0.219. The van der Waals surface area contributed by atoms with E-state index in [9.17, 15) is 9.59 Å². The minimum Gasteiger partial charge on any atom is -0.295 e. The SMILES string of the molecule is Cc1[nH]n(-c2c(Cl)cc(Cl)cc2Cl)c(=O)c1C=NNC(=O)c1ccccc1. The summed E-state index contributed by atoms with van der Waals surface area (Å²) in [7, 11) is 0. The molecule has 3 rings (SSSR count). The molecule has 2 aromatic carbocycles. The highest BCUT2D eigenvalue weighted by atomic mass is 35.5. The zero-order valence-corrected chi connectivity index (χ0v) is 16.2.